The van der Waals surface area contributed by atoms with Crippen LogP contribution in [0.4, 0.5) is 13.2 Å². The maximum atomic E-state index is 12.5. The Kier molecular flexibility index (Phi) is 6.79. The van der Waals surface area contributed by atoms with E-state index in [0.717, 1.165) is 41.0 Å². The molecule has 0 heterocycles. The van der Waals surface area contributed by atoms with E-state index in [-0.39, 0.29) is 11.3 Å². The van der Waals surface area contributed by atoms with Crippen LogP contribution in [0.2, 0.25) is 0 Å². The number of alkyl halides is 3. The van der Waals surface area contributed by atoms with Crippen LogP contribution >= 0.6 is 0 Å². The Morgan fingerprint density at radius 1 is 0.931 bits per heavy atom. The number of Topliss-reactive ketones (excluding diaryl/α,β-unsaturated/α-hetero) is 1. The van der Waals surface area contributed by atoms with Crippen molar-refractivity contribution in [2.75, 3.05) is 13.2 Å². The van der Waals surface area contributed by atoms with Crippen LogP contribution in [0.1, 0.15) is 43.0 Å². The van der Waals surface area contributed by atoms with Crippen molar-refractivity contribution in [1.29, 1.82) is 0 Å². The van der Waals surface area contributed by atoms with Crippen LogP contribution in [0.5, 0.6) is 0 Å². The highest BCUT2D eigenvalue weighted by atomic mass is 19.4. The number of amides is 1. The minimum absolute atomic E-state index is 0.0346. The van der Waals surface area contributed by atoms with Crippen molar-refractivity contribution in [2.24, 2.45) is 0 Å². The number of carbonyl (C=O) groups is 3. The maximum Gasteiger partial charge on any atom is 0.416 e. The molecule has 0 aromatic heterocycles. The number of aryl methyl sites for hydroxylation is 3. The third kappa shape index (κ3) is 5.91. The zero-order chi connectivity index (χ0) is 21.8. The molecule has 0 aliphatic heterocycles. The van der Waals surface area contributed by atoms with Crippen molar-refractivity contribution in [2.45, 2.75) is 26.9 Å². The molecular weight excluding hydrogens is 387 g/mol. The van der Waals surface area contributed by atoms with Gasteiger partial charge in [-0.1, -0.05) is 6.07 Å². The maximum absolute atomic E-state index is 12.5. The molecule has 5 nitrogen and oxygen atoms in total. The van der Waals surface area contributed by atoms with Crippen molar-refractivity contribution in [3.8, 4) is 0 Å². The zero-order valence-corrected chi connectivity index (χ0v) is 16.1. The predicted molar refractivity (Wildman–Crippen MR) is 99.7 cm³/mol. The SMILES string of the molecule is Cc1cc(C)c(C(=O)COC(=O)CNC(=O)c2ccc(C(F)(F)F)cc2)cc1C. The Bertz CT molecular complexity index is 934. The van der Waals surface area contributed by atoms with Crippen LogP contribution in [-0.4, -0.2) is 30.8 Å². The lowest BCUT2D eigenvalue weighted by Gasteiger charge is -2.10. The lowest BCUT2D eigenvalue weighted by molar-refractivity contribution is -0.141. The smallest absolute Gasteiger partial charge is 0.416 e. The largest absolute Gasteiger partial charge is 0.456 e. The van der Waals surface area contributed by atoms with E-state index in [1.54, 1.807) is 13.0 Å². The molecule has 0 unspecified atom stereocenters. The van der Waals surface area contributed by atoms with Crippen molar-refractivity contribution in [3.05, 3.63) is 69.8 Å². The number of esters is 1. The molecule has 1 amide bonds. The topological polar surface area (TPSA) is 72.5 Å². The molecule has 0 fully saturated rings. The highest BCUT2D eigenvalue weighted by Crippen LogP contribution is 2.29. The van der Waals surface area contributed by atoms with Crippen LogP contribution in [0.3, 0.4) is 0 Å². The summed E-state index contributed by atoms with van der Waals surface area (Å²) in [7, 11) is 0. The molecule has 2 aromatic carbocycles. The van der Waals surface area contributed by atoms with Crippen molar-refractivity contribution in [1.82, 2.24) is 5.32 Å². The third-order valence-electron chi connectivity index (χ3n) is 4.37. The van der Waals surface area contributed by atoms with Gasteiger partial charge in [-0.2, -0.15) is 13.2 Å². The molecule has 2 aromatic rings. The second-order valence-corrected chi connectivity index (χ2v) is 6.59. The monoisotopic (exact) mass is 407 g/mol. The summed E-state index contributed by atoms with van der Waals surface area (Å²) >= 11 is 0. The second kappa shape index (κ2) is 8.89. The first-order valence-electron chi connectivity index (χ1n) is 8.71. The summed E-state index contributed by atoms with van der Waals surface area (Å²) < 4.78 is 42.5. The first kappa shape index (κ1) is 22.1. The molecular formula is C21H20F3NO4. The summed E-state index contributed by atoms with van der Waals surface area (Å²) in [6.07, 6.45) is -4.50. The van der Waals surface area contributed by atoms with Crippen molar-refractivity contribution >= 4 is 17.7 Å². The fourth-order valence-electron chi connectivity index (χ4n) is 2.60. The lowest BCUT2D eigenvalue weighted by atomic mass is 9.98. The molecule has 29 heavy (non-hydrogen) atoms. The van der Waals surface area contributed by atoms with Gasteiger partial charge < -0.3 is 10.1 Å². The molecule has 0 saturated heterocycles. The Morgan fingerprint density at radius 2 is 1.52 bits per heavy atom. The fraction of sp³-hybridized carbons (Fsp3) is 0.286. The number of benzene rings is 2. The van der Waals surface area contributed by atoms with Crippen LogP contribution < -0.4 is 5.32 Å². The van der Waals surface area contributed by atoms with E-state index in [1.165, 1.54) is 0 Å². The predicted octanol–water partition coefficient (Wildman–Crippen LogP) is 3.79. The number of hydrogen-bond donors (Lipinski definition) is 1. The molecule has 8 heteroatoms. The van der Waals surface area contributed by atoms with Gasteiger partial charge in [-0.25, -0.2) is 0 Å². The van der Waals surface area contributed by atoms with Crippen molar-refractivity contribution < 1.29 is 32.3 Å². The normalized spacial score (nSPS) is 11.1. The Hall–Kier alpha value is -3.16. The average Bonchev–Trinajstić information content (AvgIpc) is 2.66. The van der Waals surface area contributed by atoms with Gasteiger partial charge in [0.1, 0.15) is 6.54 Å². The average molecular weight is 407 g/mol. The van der Waals surface area contributed by atoms with Gasteiger partial charge in [-0.05, 0) is 67.8 Å². The second-order valence-electron chi connectivity index (χ2n) is 6.59. The summed E-state index contributed by atoms with van der Waals surface area (Å²) in [5, 5.41) is 2.24. The van der Waals surface area contributed by atoms with E-state index >= 15 is 0 Å². The molecule has 0 aliphatic carbocycles. The molecule has 154 valence electrons. The van der Waals surface area contributed by atoms with Crippen LogP contribution in [0.15, 0.2) is 36.4 Å². The van der Waals surface area contributed by atoms with Gasteiger partial charge in [0.15, 0.2) is 6.61 Å². The highest BCUT2D eigenvalue weighted by Gasteiger charge is 2.30. The number of hydrogen-bond acceptors (Lipinski definition) is 4. The zero-order valence-electron chi connectivity index (χ0n) is 16.1. The van der Waals surface area contributed by atoms with E-state index in [2.05, 4.69) is 5.32 Å². The van der Waals surface area contributed by atoms with Gasteiger partial charge in [0.25, 0.3) is 5.91 Å². The Labute approximate surface area is 165 Å². The molecule has 1 N–H and O–H groups in total. The first-order valence-corrected chi connectivity index (χ1v) is 8.71. The van der Waals surface area contributed by atoms with Crippen LogP contribution in [-0.2, 0) is 15.7 Å². The van der Waals surface area contributed by atoms with Crippen LogP contribution in [0, 0.1) is 20.8 Å². The first-order chi connectivity index (χ1) is 13.5. The Morgan fingerprint density at radius 3 is 2.10 bits per heavy atom. The molecule has 0 aliphatic rings. The van der Waals surface area contributed by atoms with E-state index < -0.39 is 36.8 Å². The van der Waals surface area contributed by atoms with Gasteiger partial charge in [0, 0.05) is 11.1 Å². The standard InChI is InChI=1S/C21H20F3NO4/c1-12-8-14(3)17(9-13(12)2)18(26)11-29-19(27)10-25-20(28)15-4-6-16(7-5-15)21(22,23)24/h4-9H,10-11H2,1-3H3,(H,25,28). The molecule has 2 rings (SSSR count). The van der Waals surface area contributed by atoms with E-state index in [0.29, 0.717) is 5.56 Å². The molecule has 0 spiro atoms. The molecule has 0 saturated carbocycles. The summed E-state index contributed by atoms with van der Waals surface area (Å²) in [5.74, 6) is -1.93. The van der Waals surface area contributed by atoms with Gasteiger partial charge in [0.2, 0.25) is 5.78 Å². The third-order valence-corrected chi connectivity index (χ3v) is 4.37. The molecule has 0 radical (unpaired) electrons. The number of nitrogens with one attached hydrogen (secondary N) is 1. The van der Waals surface area contributed by atoms with Crippen molar-refractivity contribution in [3.63, 3.8) is 0 Å². The molecule has 0 bridgehead atoms. The number of carbonyl (C=O) groups excluding carboxylic acids is 3. The highest BCUT2D eigenvalue weighted by molar-refractivity contribution is 6.00. The number of ether oxygens (including phenoxy) is 1. The summed E-state index contributed by atoms with van der Waals surface area (Å²) in [6, 6.07) is 7.17. The molecule has 0 atom stereocenters. The number of rotatable bonds is 6. The Balaban J connectivity index is 1.86. The fourth-order valence-corrected chi connectivity index (χ4v) is 2.60. The summed E-state index contributed by atoms with van der Waals surface area (Å²) in [6.45, 7) is 4.59. The quantitative estimate of drug-likeness (QED) is 0.584. The summed E-state index contributed by atoms with van der Waals surface area (Å²) in [5.41, 5.74) is 2.29. The number of ketones is 1. The van der Waals surface area contributed by atoms with E-state index in [4.69, 9.17) is 4.74 Å². The minimum Gasteiger partial charge on any atom is -0.456 e. The van der Waals surface area contributed by atoms with Gasteiger partial charge in [-0.15, -0.1) is 0 Å². The van der Waals surface area contributed by atoms with Gasteiger partial charge in [-0.3, -0.25) is 14.4 Å². The van der Waals surface area contributed by atoms with E-state index in [1.807, 2.05) is 19.9 Å². The number of halogens is 3. The van der Waals surface area contributed by atoms with Crippen LogP contribution in [0.25, 0.3) is 0 Å². The van der Waals surface area contributed by atoms with Gasteiger partial charge >= 0.3 is 12.1 Å². The summed E-state index contributed by atoms with van der Waals surface area (Å²) in [4.78, 5) is 35.9. The van der Waals surface area contributed by atoms with E-state index in [9.17, 15) is 27.6 Å². The minimum atomic E-state index is -4.50. The lowest BCUT2D eigenvalue weighted by Crippen LogP contribution is -2.31. The van der Waals surface area contributed by atoms with Gasteiger partial charge in [0.05, 0.1) is 5.56 Å².